The Morgan fingerprint density at radius 3 is 2.69 bits per heavy atom. The second kappa shape index (κ2) is 9.55. The van der Waals surface area contributed by atoms with Crippen LogP contribution in [0, 0.1) is 5.92 Å². The predicted octanol–water partition coefficient (Wildman–Crippen LogP) is 0.663. The molecule has 2 atom stereocenters. The molecule has 2 heterocycles. The summed E-state index contributed by atoms with van der Waals surface area (Å²) in [4.78, 5) is 21.4. The predicted molar refractivity (Wildman–Crippen MR) is 103 cm³/mol. The van der Waals surface area contributed by atoms with Crippen molar-refractivity contribution >= 4 is 11.9 Å². The van der Waals surface area contributed by atoms with Crippen LogP contribution in [0.5, 0.6) is 0 Å². The highest BCUT2D eigenvalue weighted by molar-refractivity contribution is 5.81. The number of rotatable bonds is 4. The van der Waals surface area contributed by atoms with Crippen molar-refractivity contribution in [3.05, 3.63) is 0 Å². The van der Waals surface area contributed by atoms with Gasteiger partial charge >= 0.3 is 0 Å². The molecule has 0 bridgehead atoms. The standard InChI is InChI=1S/C19H35N5O2/c1-20-19(21-12-17-14-23(2)10-11-26-17)22-16-8-9-24(13-16)18(25)15-6-4-3-5-7-15/h15-17H,3-14H2,1-2H3,(H2,20,21,22). The Kier molecular flexibility index (Phi) is 7.14. The number of morpholine rings is 1. The fourth-order valence-electron chi connectivity index (χ4n) is 4.27. The van der Waals surface area contributed by atoms with Gasteiger partial charge in [-0.15, -0.1) is 0 Å². The molecular formula is C19H35N5O2. The van der Waals surface area contributed by atoms with Gasteiger partial charge in [0.2, 0.25) is 5.91 Å². The maximum Gasteiger partial charge on any atom is 0.225 e. The summed E-state index contributed by atoms with van der Waals surface area (Å²) in [7, 11) is 3.92. The van der Waals surface area contributed by atoms with Gasteiger partial charge in [0.15, 0.2) is 5.96 Å². The zero-order valence-electron chi connectivity index (χ0n) is 16.4. The lowest BCUT2D eigenvalue weighted by atomic mass is 9.88. The summed E-state index contributed by atoms with van der Waals surface area (Å²) in [5, 5.41) is 6.86. The zero-order valence-corrected chi connectivity index (χ0v) is 16.4. The minimum atomic E-state index is 0.195. The zero-order chi connectivity index (χ0) is 18.4. The summed E-state index contributed by atoms with van der Waals surface area (Å²) in [6.45, 7) is 5.13. The molecule has 1 amide bonds. The van der Waals surface area contributed by atoms with Crippen molar-refractivity contribution < 1.29 is 9.53 Å². The molecule has 0 aromatic heterocycles. The van der Waals surface area contributed by atoms with Crippen LogP contribution in [0.1, 0.15) is 38.5 Å². The molecule has 1 saturated carbocycles. The second-order valence-corrected chi connectivity index (χ2v) is 7.96. The van der Waals surface area contributed by atoms with Gasteiger partial charge in [0.1, 0.15) is 0 Å². The van der Waals surface area contributed by atoms with Gasteiger partial charge < -0.3 is 25.2 Å². The van der Waals surface area contributed by atoms with Crippen LogP contribution in [0.3, 0.4) is 0 Å². The van der Waals surface area contributed by atoms with Crippen LogP contribution < -0.4 is 10.6 Å². The third-order valence-corrected chi connectivity index (χ3v) is 5.86. The first-order valence-corrected chi connectivity index (χ1v) is 10.2. The van der Waals surface area contributed by atoms with E-state index in [1.807, 2.05) is 0 Å². The average Bonchev–Trinajstić information content (AvgIpc) is 3.14. The lowest BCUT2D eigenvalue weighted by Crippen LogP contribution is -2.50. The molecule has 1 aliphatic carbocycles. The van der Waals surface area contributed by atoms with E-state index >= 15 is 0 Å². The molecule has 26 heavy (non-hydrogen) atoms. The molecule has 3 aliphatic rings. The Labute approximate surface area is 157 Å². The molecule has 148 valence electrons. The fraction of sp³-hybridized carbons (Fsp3) is 0.895. The number of guanidine groups is 1. The van der Waals surface area contributed by atoms with E-state index in [1.165, 1.54) is 19.3 Å². The first kappa shape index (κ1) is 19.4. The Morgan fingerprint density at radius 1 is 1.15 bits per heavy atom. The molecule has 3 fully saturated rings. The molecule has 2 N–H and O–H groups in total. The lowest BCUT2D eigenvalue weighted by molar-refractivity contribution is -0.135. The summed E-state index contributed by atoms with van der Waals surface area (Å²) in [6.07, 6.45) is 7.04. The van der Waals surface area contributed by atoms with Crippen LogP contribution in [0.15, 0.2) is 4.99 Å². The third kappa shape index (κ3) is 5.33. The normalized spacial score (nSPS) is 29.0. The van der Waals surface area contributed by atoms with Crippen molar-refractivity contribution in [2.24, 2.45) is 10.9 Å². The van der Waals surface area contributed by atoms with Crippen molar-refractivity contribution in [3.63, 3.8) is 0 Å². The van der Waals surface area contributed by atoms with Crippen LogP contribution in [0.4, 0.5) is 0 Å². The fourth-order valence-corrected chi connectivity index (χ4v) is 4.27. The van der Waals surface area contributed by atoms with Crippen molar-refractivity contribution in [1.29, 1.82) is 0 Å². The highest BCUT2D eigenvalue weighted by Crippen LogP contribution is 2.26. The molecule has 0 aromatic rings. The summed E-state index contributed by atoms with van der Waals surface area (Å²) < 4.78 is 5.79. The topological polar surface area (TPSA) is 69.2 Å². The van der Waals surface area contributed by atoms with E-state index < -0.39 is 0 Å². The molecule has 2 saturated heterocycles. The lowest BCUT2D eigenvalue weighted by Gasteiger charge is -2.30. The third-order valence-electron chi connectivity index (χ3n) is 5.86. The highest BCUT2D eigenvalue weighted by atomic mass is 16.5. The second-order valence-electron chi connectivity index (χ2n) is 7.96. The molecule has 3 rings (SSSR count). The molecule has 0 aromatic carbocycles. The maximum absolute atomic E-state index is 12.7. The van der Waals surface area contributed by atoms with E-state index in [2.05, 4.69) is 32.5 Å². The van der Waals surface area contributed by atoms with Crippen LogP contribution in [-0.4, -0.2) is 87.2 Å². The van der Waals surface area contributed by atoms with E-state index in [4.69, 9.17) is 4.74 Å². The van der Waals surface area contributed by atoms with E-state index in [0.29, 0.717) is 5.91 Å². The molecule has 2 unspecified atom stereocenters. The molecular weight excluding hydrogens is 330 g/mol. The number of hydrogen-bond acceptors (Lipinski definition) is 4. The van der Waals surface area contributed by atoms with Crippen molar-refractivity contribution in [2.75, 3.05) is 53.4 Å². The SMILES string of the molecule is CN=C(NCC1CN(C)CCO1)NC1CCN(C(=O)C2CCCCC2)C1. The van der Waals surface area contributed by atoms with E-state index in [9.17, 15) is 4.79 Å². The van der Waals surface area contributed by atoms with Crippen LogP contribution >= 0.6 is 0 Å². The monoisotopic (exact) mass is 365 g/mol. The minimum absolute atomic E-state index is 0.195. The maximum atomic E-state index is 12.7. The molecule has 7 nitrogen and oxygen atoms in total. The number of carbonyl (C=O) groups is 1. The van der Waals surface area contributed by atoms with E-state index in [0.717, 1.165) is 64.6 Å². The van der Waals surface area contributed by atoms with Gasteiger partial charge in [-0.05, 0) is 26.3 Å². The number of likely N-dealkylation sites (tertiary alicyclic amines) is 1. The van der Waals surface area contributed by atoms with Gasteiger partial charge in [0, 0.05) is 51.7 Å². The summed E-state index contributed by atoms with van der Waals surface area (Å²) in [5.41, 5.74) is 0. The summed E-state index contributed by atoms with van der Waals surface area (Å²) in [6, 6.07) is 0.281. The minimum Gasteiger partial charge on any atom is -0.374 e. The number of nitrogens with zero attached hydrogens (tertiary/aromatic N) is 3. The Hall–Kier alpha value is -1.34. The number of amides is 1. The average molecular weight is 366 g/mol. The first-order chi connectivity index (χ1) is 12.7. The number of ether oxygens (including phenoxy) is 1. The summed E-state index contributed by atoms with van der Waals surface area (Å²) >= 11 is 0. The van der Waals surface area contributed by atoms with Gasteiger partial charge in [0.05, 0.1) is 12.7 Å². The van der Waals surface area contributed by atoms with Gasteiger partial charge in [-0.25, -0.2) is 0 Å². The smallest absolute Gasteiger partial charge is 0.225 e. The molecule has 2 aliphatic heterocycles. The number of nitrogens with one attached hydrogen (secondary N) is 2. The quantitative estimate of drug-likeness (QED) is 0.566. The van der Waals surface area contributed by atoms with Gasteiger partial charge in [0.25, 0.3) is 0 Å². The van der Waals surface area contributed by atoms with Crippen molar-refractivity contribution in [2.45, 2.75) is 50.7 Å². The van der Waals surface area contributed by atoms with Gasteiger partial charge in [-0.3, -0.25) is 9.79 Å². The number of likely N-dealkylation sites (N-methyl/N-ethyl adjacent to an activating group) is 1. The van der Waals surface area contributed by atoms with E-state index in [1.54, 1.807) is 7.05 Å². The molecule has 0 spiro atoms. The van der Waals surface area contributed by atoms with Crippen LogP contribution in [0.25, 0.3) is 0 Å². The number of aliphatic imine (C=N–C) groups is 1. The van der Waals surface area contributed by atoms with Gasteiger partial charge in [-0.1, -0.05) is 19.3 Å². The van der Waals surface area contributed by atoms with Crippen LogP contribution in [0.2, 0.25) is 0 Å². The molecule has 0 radical (unpaired) electrons. The molecule has 7 heteroatoms. The Bertz CT molecular complexity index is 492. The Balaban J connectivity index is 1.41. The number of hydrogen-bond donors (Lipinski definition) is 2. The highest BCUT2D eigenvalue weighted by Gasteiger charge is 2.31. The largest absolute Gasteiger partial charge is 0.374 e. The van der Waals surface area contributed by atoms with Gasteiger partial charge in [-0.2, -0.15) is 0 Å². The number of carbonyl (C=O) groups excluding carboxylic acids is 1. The Morgan fingerprint density at radius 2 is 1.96 bits per heavy atom. The van der Waals surface area contributed by atoms with Crippen molar-refractivity contribution in [1.82, 2.24) is 20.4 Å². The van der Waals surface area contributed by atoms with Crippen molar-refractivity contribution in [3.8, 4) is 0 Å². The van der Waals surface area contributed by atoms with Crippen LogP contribution in [-0.2, 0) is 9.53 Å². The first-order valence-electron chi connectivity index (χ1n) is 10.2. The van der Waals surface area contributed by atoms with E-state index in [-0.39, 0.29) is 18.1 Å². The summed E-state index contributed by atoms with van der Waals surface area (Å²) in [5.74, 6) is 1.44.